The number of nitrogens with zero attached hydrogens (tertiary/aromatic N) is 3. The van der Waals surface area contributed by atoms with E-state index in [9.17, 15) is 19.5 Å². The van der Waals surface area contributed by atoms with Crippen LogP contribution in [0.25, 0.3) is 0 Å². The summed E-state index contributed by atoms with van der Waals surface area (Å²) in [7, 11) is 0. The number of carbonyl (C=O) groups excluding carboxylic acids is 2. The van der Waals surface area contributed by atoms with Crippen LogP contribution in [0.15, 0.2) is 42.5 Å². The number of hydrogen-bond acceptors (Lipinski definition) is 6. The molecule has 1 unspecified atom stereocenters. The van der Waals surface area contributed by atoms with Crippen molar-refractivity contribution in [1.29, 1.82) is 0 Å². The number of carboxylic acid groups (broad SMARTS) is 1. The van der Waals surface area contributed by atoms with Crippen molar-refractivity contribution in [2.75, 3.05) is 50.8 Å². The fourth-order valence-corrected chi connectivity index (χ4v) is 6.72. The lowest BCUT2D eigenvalue weighted by Crippen LogP contribution is -2.46. The number of aliphatic carboxylic acids is 1. The molecule has 5 rings (SSSR count). The van der Waals surface area contributed by atoms with Gasteiger partial charge in [-0.2, -0.15) is 0 Å². The molecule has 41 heavy (non-hydrogen) atoms. The van der Waals surface area contributed by atoms with Gasteiger partial charge in [-0.1, -0.05) is 43.7 Å². The van der Waals surface area contributed by atoms with Crippen LogP contribution in [0.1, 0.15) is 55.2 Å². The number of hydrogen-bond donors (Lipinski definition) is 2. The third-order valence-electron chi connectivity index (χ3n) is 8.85. The summed E-state index contributed by atoms with van der Waals surface area (Å²) in [6.45, 7) is 5.55. The molecule has 0 spiro atoms. The van der Waals surface area contributed by atoms with Crippen LogP contribution in [-0.2, 0) is 27.2 Å². The highest BCUT2D eigenvalue weighted by Gasteiger charge is 2.47. The van der Waals surface area contributed by atoms with Gasteiger partial charge in [-0.25, -0.2) is 0 Å². The van der Waals surface area contributed by atoms with Gasteiger partial charge in [-0.05, 0) is 54.6 Å². The summed E-state index contributed by atoms with van der Waals surface area (Å²) in [5, 5.41) is 10.6. The van der Waals surface area contributed by atoms with E-state index in [1.54, 1.807) is 4.90 Å². The lowest BCUT2D eigenvalue weighted by atomic mass is 9.83. The number of para-hydroxylation sites is 1. The Labute approximate surface area is 242 Å². The number of carbonyl (C=O) groups is 3. The summed E-state index contributed by atoms with van der Waals surface area (Å²) in [5.74, 6) is -0.950. The number of benzene rings is 2. The van der Waals surface area contributed by atoms with E-state index in [0.717, 1.165) is 53.8 Å². The monoisotopic (exact) mass is 562 g/mol. The molecular formula is C32H42N4O5. The molecule has 3 aliphatic heterocycles. The van der Waals surface area contributed by atoms with Crippen molar-refractivity contribution in [3.05, 3.63) is 59.2 Å². The van der Waals surface area contributed by atoms with Gasteiger partial charge in [0.15, 0.2) is 0 Å². The van der Waals surface area contributed by atoms with Crippen LogP contribution in [0, 0.1) is 5.92 Å². The van der Waals surface area contributed by atoms with Gasteiger partial charge in [0.2, 0.25) is 11.8 Å². The van der Waals surface area contributed by atoms with Gasteiger partial charge >= 0.3 is 5.97 Å². The Morgan fingerprint density at radius 3 is 2.71 bits per heavy atom. The van der Waals surface area contributed by atoms with Crippen molar-refractivity contribution in [1.82, 2.24) is 9.80 Å². The quantitative estimate of drug-likeness (QED) is 0.386. The van der Waals surface area contributed by atoms with Crippen LogP contribution in [0.4, 0.5) is 5.69 Å². The van der Waals surface area contributed by atoms with Crippen molar-refractivity contribution in [2.45, 2.75) is 57.4 Å². The summed E-state index contributed by atoms with van der Waals surface area (Å²) >= 11 is 0. The Hall–Kier alpha value is -3.43. The third kappa shape index (κ3) is 6.26. The predicted octanol–water partition coefficient (Wildman–Crippen LogP) is 3.05. The number of ether oxygens (including phenoxy) is 1. The minimum absolute atomic E-state index is 0.00615. The zero-order chi connectivity index (χ0) is 28.9. The average molecular weight is 563 g/mol. The van der Waals surface area contributed by atoms with E-state index in [1.807, 2.05) is 41.3 Å². The molecule has 3 heterocycles. The van der Waals surface area contributed by atoms with E-state index in [0.29, 0.717) is 52.2 Å². The van der Waals surface area contributed by atoms with Crippen LogP contribution in [0.5, 0.6) is 5.75 Å². The fraction of sp³-hybridized carbons (Fsp3) is 0.531. The van der Waals surface area contributed by atoms with Gasteiger partial charge in [0.1, 0.15) is 5.75 Å². The first-order valence-corrected chi connectivity index (χ1v) is 15.0. The number of fused-ring (bicyclic) bond motifs is 2. The summed E-state index contributed by atoms with van der Waals surface area (Å²) in [4.78, 5) is 45.1. The van der Waals surface area contributed by atoms with Crippen LogP contribution in [0.3, 0.4) is 0 Å². The van der Waals surface area contributed by atoms with E-state index in [1.165, 1.54) is 0 Å². The Bertz CT molecular complexity index is 1260. The molecule has 1 saturated heterocycles. The van der Waals surface area contributed by atoms with E-state index >= 15 is 0 Å². The Kier molecular flexibility index (Phi) is 9.25. The first-order valence-electron chi connectivity index (χ1n) is 15.0. The van der Waals surface area contributed by atoms with E-state index in [-0.39, 0.29) is 24.3 Å². The molecule has 2 aromatic rings. The second-order valence-electron chi connectivity index (χ2n) is 11.4. The molecule has 0 aliphatic carbocycles. The van der Waals surface area contributed by atoms with Gasteiger partial charge in [-0.3, -0.25) is 19.3 Å². The molecule has 220 valence electrons. The molecule has 2 amide bonds. The lowest BCUT2D eigenvalue weighted by molar-refractivity contribution is -0.143. The maximum Gasteiger partial charge on any atom is 0.308 e. The molecule has 3 aliphatic rings. The van der Waals surface area contributed by atoms with Crippen molar-refractivity contribution in [3.8, 4) is 5.75 Å². The Morgan fingerprint density at radius 2 is 1.93 bits per heavy atom. The number of anilines is 1. The van der Waals surface area contributed by atoms with Gasteiger partial charge in [0.25, 0.3) is 0 Å². The van der Waals surface area contributed by atoms with Crippen molar-refractivity contribution in [2.24, 2.45) is 11.7 Å². The highest BCUT2D eigenvalue weighted by Crippen LogP contribution is 2.41. The Balaban J connectivity index is 1.41. The first-order chi connectivity index (χ1) is 19.9. The normalized spacial score (nSPS) is 21.6. The number of unbranched alkanes of at least 4 members (excludes halogenated alkanes) is 1. The largest absolute Gasteiger partial charge is 0.493 e. The number of likely N-dealkylation sites (tertiary alicyclic amines) is 1. The molecule has 0 aromatic heterocycles. The predicted molar refractivity (Wildman–Crippen MR) is 157 cm³/mol. The van der Waals surface area contributed by atoms with Crippen molar-refractivity contribution >= 4 is 23.5 Å². The maximum absolute atomic E-state index is 13.6. The zero-order valence-corrected chi connectivity index (χ0v) is 24.0. The van der Waals surface area contributed by atoms with Gasteiger partial charge in [0, 0.05) is 50.2 Å². The van der Waals surface area contributed by atoms with Crippen molar-refractivity contribution in [3.63, 3.8) is 0 Å². The number of amides is 2. The number of nitrogens with two attached hydrogens (primary N) is 1. The maximum atomic E-state index is 13.6. The highest BCUT2D eigenvalue weighted by molar-refractivity contribution is 6.01. The Morgan fingerprint density at radius 1 is 1.12 bits per heavy atom. The van der Waals surface area contributed by atoms with Crippen LogP contribution < -0.4 is 15.4 Å². The molecule has 0 saturated carbocycles. The second kappa shape index (κ2) is 13.0. The summed E-state index contributed by atoms with van der Waals surface area (Å²) in [5.41, 5.74) is 9.71. The van der Waals surface area contributed by atoms with E-state index in [2.05, 4.69) is 17.9 Å². The minimum Gasteiger partial charge on any atom is -0.493 e. The SMILES string of the molecule is CCCCN(CCCN)C(=O)CN1C[C@H](c2ccc3c(c2)CCO3)C(C(=O)O)[C@@H]1CCN1C(=O)Cc2ccccc21. The molecule has 1 fully saturated rings. The summed E-state index contributed by atoms with van der Waals surface area (Å²) in [6, 6.07) is 13.4. The average Bonchev–Trinajstić information content (AvgIpc) is 3.66. The summed E-state index contributed by atoms with van der Waals surface area (Å²) in [6.07, 6.45) is 4.25. The van der Waals surface area contributed by atoms with Crippen LogP contribution >= 0.6 is 0 Å². The minimum atomic E-state index is -0.870. The second-order valence-corrected chi connectivity index (χ2v) is 11.4. The van der Waals surface area contributed by atoms with Crippen LogP contribution in [0.2, 0.25) is 0 Å². The molecule has 0 radical (unpaired) electrons. The lowest BCUT2D eigenvalue weighted by Gasteiger charge is -2.31. The first kappa shape index (κ1) is 29.1. The van der Waals surface area contributed by atoms with Crippen LogP contribution in [-0.4, -0.2) is 84.6 Å². The van der Waals surface area contributed by atoms with Gasteiger partial charge < -0.3 is 25.4 Å². The van der Waals surface area contributed by atoms with Crippen molar-refractivity contribution < 1.29 is 24.2 Å². The number of rotatable bonds is 13. The third-order valence-corrected chi connectivity index (χ3v) is 8.85. The van der Waals surface area contributed by atoms with E-state index < -0.39 is 17.9 Å². The molecule has 9 nitrogen and oxygen atoms in total. The van der Waals surface area contributed by atoms with Gasteiger partial charge in [-0.15, -0.1) is 0 Å². The molecular weight excluding hydrogens is 520 g/mol. The number of carboxylic acids is 1. The fourth-order valence-electron chi connectivity index (χ4n) is 6.72. The summed E-state index contributed by atoms with van der Waals surface area (Å²) < 4.78 is 5.69. The molecule has 3 atom stereocenters. The molecule has 9 heteroatoms. The zero-order valence-electron chi connectivity index (χ0n) is 24.0. The highest BCUT2D eigenvalue weighted by atomic mass is 16.5. The standard InChI is InChI=1S/C32H42N4O5/c1-2-3-14-34(15-6-13-33)30(38)21-35-20-25(22-9-10-28-24(18-22)12-17-41-28)31(32(39)40)27(35)11-16-36-26-8-5-4-7-23(26)19-29(36)37/h4-5,7-10,18,25,27,31H,2-3,6,11-17,19-21,33H2,1H3,(H,39,40)/t25-,27+,31?/m1/s1. The smallest absolute Gasteiger partial charge is 0.308 e. The topological polar surface area (TPSA) is 116 Å². The van der Waals surface area contributed by atoms with E-state index in [4.69, 9.17) is 10.5 Å². The molecule has 2 aromatic carbocycles. The molecule has 3 N–H and O–H groups in total. The van der Waals surface area contributed by atoms with Gasteiger partial charge in [0.05, 0.1) is 25.5 Å². The molecule has 0 bridgehead atoms.